The number of ketones is 1. The van der Waals surface area contributed by atoms with E-state index in [-0.39, 0.29) is 5.78 Å². The Kier molecular flexibility index (Phi) is 8.82. The summed E-state index contributed by atoms with van der Waals surface area (Å²) in [4.78, 5) is 13.8. The second-order valence-corrected chi connectivity index (χ2v) is 13.0. The maximum absolute atomic E-state index is 13.8. The maximum Gasteiger partial charge on any atom is 0.193 e. The number of rotatable bonds is 10. The molecular weight excluding hydrogens is 564 g/mol. The molecule has 0 radical (unpaired) electrons. The van der Waals surface area contributed by atoms with Gasteiger partial charge >= 0.3 is 0 Å². The van der Waals surface area contributed by atoms with Gasteiger partial charge in [0.05, 0.1) is 0 Å². The van der Waals surface area contributed by atoms with Crippen LogP contribution in [0.1, 0.15) is 88.8 Å². The molecule has 6 aromatic rings. The van der Waals surface area contributed by atoms with Crippen LogP contribution in [0.4, 0.5) is 0 Å². The van der Waals surface area contributed by atoms with Gasteiger partial charge in [0, 0.05) is 50.6 Å². The fraction of sp³-hybridized carbons (Fsp3) is 0.286. The number of carbonyl (C=O) groups is 1. The highest BCUT2D eigenvalue weighted by Crippen LogP contribution is 2.38. The number of hydrogen-bond acceptors (Lipinski definition) is 3. The molecule has 0 aliphatic rings. The number of oxime groups is 1. The number of aryl methyl sites for hydroxylation is 4. The van der Waals surface area contributed by atoms with E-state index in [2.05, 4.69) is 79.0 Å². The molecule has 1 N–H and O–H groups in total. The first-order chi connectivity index (χ1) is 22.2. The molecule has 6 rings (SSSR count). The van der Waals surface area contributed by atoms with Crippen LogP contribution in [0.3, 0.4) is 0 Å². The average Bonchev–Trinajstić information content (AvgIpc) is 3.36. The van der Waals surface area contributed by atoms with Crippen molar-refractivity contribution < 1.29 is 10.0 Å². The molecule has 0 fully saturated rings. The molecule has 4 nitrogen and oxygen atoms in total. The Hall–Kier alpha value is -4.70. The Morgan fingerprint density at radius 3 is 2.20 bits per heavy atom. The third kappa shape index (κ3) is 5.62. The van der Waals surface area contributed by atoms with Crippen molar-refractivity contribution in [2.45, 2.75) is 73.8 Å². The minimum Gasteiger partial charge on any atom is -0.410 e. The zero-order valence-electron chi connectivity index (χ0n) is 27.9. The van der Waals surface area contributed by atoms with Gasteiger partial charge in [0.2, 0.25) is 0 Å². The SMILES string of the molecule is CCCCC(CC)Cn1c2ccc(/C(=N\O)c3ccccc3C)cc2c2c3ccc(C(=O)c4c(C)cc(C)cc4C)cc3ccc21. The van der Waals surface area contributed by atoms with Crippen LogP contribution in [0.2, 0.25) is 0 Å². The Balaban J connectivity index is 1.56. The summed E-state index contributed by atoms with van der Waals surface area (Å²) in [6.45, 7) is 13.7. The Labute approximate surface area is 272 Å². The van der Waals surface area contributed by atoms with Crippen LogP contribution in [0, 0.1) is 33.6 Å². The van der Waals surface area contributed by atoms with Crippen molar-refractivity contribution in [1.29, 1.82) is 0 Å². The number of hydrogen-bond donors (Lipinski definition) is 1. The van der Waals surface area contributed by atoms with E-state index in [0.717, 1.165) is 62.5 Å². The highest BCUT2D eigenvalue weighted by Gasteiger charge is 2.21. The molecule has 1 unspecified atom stereocenters. The summed E-state index contributed by atoms with van der Waals surface area (Å²) in [6, 6.07) is 29.2. The third-order valence-corrected chi connectivity index (χ3v) is 9.77. The van der Waals surface area contributed by atoms with Crippen LogP contribution in [-0.4, -0.2) is 21.3 Å². The van der Waals surface area contributed by atoms with Crippen molar-refractivity contribution in [1.82, 2.24) is 4.57 Å². The standard InChI is InChI=1S/C42H44N2O2/c1-7-9-13-30(8-2)25-44-37-19-17-32(41(43-46)34-14-11-10-12-27(34)4)24-36(37)40-35-18-15-33(23-31(35)16-20-38(40)44)42(45)39-28(5)21-26(3)22-29(39)6/h10-12,14-24,30,46H,7-9,13,25H2,1-6H3/b43-41+. The molecule has 0 aliphatic heterocycles. The van der Waals surface area contributed by atoms with Gasteiger partial charge in [-0.2, -0.15) is 0 Å². The average molecular weight is 609 g/mol. The summed E-state index contributed by atoms with van der Waals surface area (Å²) < 4.78 is 2.49. The van der Waals surface area contributed by atoms with Gasteiger partial charge in [0.1, 0.15) is 5.71 Å². The predicted octanol–water partition coefficient (Wildman–Crippen LogP) is 10.9. The number of benzene rings is 5. The molecule has 0 saturated heterocycles. The van der Waals surface area contributed by atoms with Gasteiger partial charge < -0.3 is 9.77 Å². The Bertz CT molecular complexity index is 2110. The van der Waals surface area contributed by atoms with Crippen LogP contribution in [0.25, 0.3) is 32.6 Å². The smallest absolute Gasteiger partial charge is 0.193 e. The van der Waals surface area contributed by atoms with Gasteiger partial charge in [-0.25, -0.2) is 0 Å². The second-order valence-electron chi connectivity index (χ2n) is 13.0. The van der Waals surface area contributed by atoms with E-state index >= 15 is 0 Å². The molecule has 0 spiro atoms. The summed E-state index contributed by atoms with van der Waals surface area (Å²) in [5, 5.41) is 18.5. The first kappa shape index (κ1) is 31.3. The molecule has 4 heteroatoms. The topological polar surface area (TPSA) is 54.6 Å². The van der Waals surface area contributed by atoms with Gasteiger partial charge in [0.15, 0.2) is 5.78 Å². The first-order valence-electron chi connectivity index (χ1n) is 16.6. The minimum absolute atomic E-state index is 0.0606. The predicted molar refractivity (Wildman–Crippen MR) is 193 cm³/mol. The highest BCUT2D eigenvalue weighted by atomic mass is 16.4. The summed E-state index contributed by atoms with van der Waals surface area (Å²) in [5.41, 5.74) is 10.4. The van der Waals surface area contributed by atoms with E-state index in [1.165, 1.54) is 41.2 Å². The molecule has 234 valence electrons. The van der Waals surface area contributed by atoms with Crippen molar-refractivity contribution >= 4 is 44.1 Å². The lowest BCUT2D eigenvalue weighted by Gasteiger charge is -2.17. The number of nitrogens with zero attached hydrogens (tertiary/aromatic N) is 2. The molecule has 0 amide bonds. The van der Waals surface area contributed by atoms with E-state index in [4.69, 9.17) is 0 Å². The molecule has 1 aromatic heterocycles. The summed E-state index contributed by atoms with van der Waals surface area (Å²) in [6.07, 6.45) is 4.76. The lowest BCUT2D eigenvalue weighted by Crippen LogP contribution is -2.10. The van der Waals surface area contributed by atoms with E-state index < -0.39 is 0 Å². The lowest BCUT2D eigenvalue weighted by molar-refractivity contribution is 0.103. The number of unbranched alkanes of at least 4 members (excludes halogenated alkanes) is 1. The number of fused-ring (bicyclic) bond motifs is 5. The van der Waals surface area contributed by atoms with Crippen LogP contribution in [0.5, 0.6) is 0 Å². The quantitative estimate of drug-likeness (QED) is 0.0728. The van der Waals surface area contributed by atoms with Crippen molar-refractivity contribution in [3.63, 3.8) is 0 Å². The van der Waals surface area contributed by atoms with Crippen LogP contribution >= 0.6 is 0 Å². The monoisotopic (exact) mass is 608 g/mol. The lowest BCUT2D eigenvalue weighted by atomic mass is 9.91. The molecule has 46 heavy (non-hydrogen) atoms. The Morgan fingerprint density at radius 1 is 0.783 bits per heavy atom. The van der Waals surface area contributed by atoms with Crippen molar-refractivity contribution in [2.24, 2.45) is 11.1 Å². The Morgan fingerprint density at radius 2 is 1.50 bits per heavy atom. The van der Waals surface area contributed by atoms with Crippen molar-refractivity contribution in [3.05, 3.63) is 129 Å². The first-order valence-corrected chi connectivity index (χ1v) is 16.6. The molecule has 0 saturated carbocycles. The van der Waals surface area contributed by atoms with E-state index in [9.17, 15) is 10.0 Å². The molecule has 1 heterocycles. The minimum atomic E-state index is 0.0606. The van der Waals surface area contributed by atoms with Gasteiger partial charge in [0.25, 0.3) is 0 Å². The fourth-order valence-electron chi connectivity index (χ4n) is 7.38. The third-order valence-electron chi connectivity index (χ3n) is 9.77. The van der Waals surface area contributed by atoms with Crippen LogP contribution < -0.4 is 0 Å². The summed E-state index contributed by atoms with van der Waals surface area (Å²) in [7, 11) is 0. The normalized spacial score (nSPS) is 12.8. The van der Waals surface area contributed by atoms with Gasteiger partial charge in [-0.3, -0.25) is 4.79 Å². The fourth-order valence-corrected chi connectivity index (χ4v) is 7.38. The van der Waals surface area contributed by atoms with E-state index in [0.29, 0.717) is 17.2 Å². The zero-order valence-corrected chi connectivity index (χ0v) is 27.9. The largest absolute Gasteiger partial charge is 0.410 e. The molecule has 0 aliphatic carbocycles. The van der Waals surface area contributed by atoms with Gasteiger partial charge in [-0.15, -0.1) is 0 Å². The molecule has 5 aromatic carbocycles. The summed E-state index contributed by atoms with van der Waals surface area (Å²) >= 11 is 0. The summed E-state index contributed by atoms with van der Waals surface area (Å²) in [5.74, 6) is 0.641. The highest BCUT2D eigenvalue weighted by molar-refractivity contribution is 6.24. The van der Waals surface area contributed by atoms with Crippen LogP contribution in [-0.2, 0) is 6.54 Å². The van der Waals surface area contributed by atoms with Crippen molar-refractivity contribution in [3.8, 4) is 0 Å². The van der Waals surface area contributed by atoms with Gasteiger partial charge in [-0.1, -0.05) is 104 Å². The number of aromatic nitrogens is 1. The van der Waals surface area contributed by atoms with Crippen molar-refractivity contribution in [2.75, 3.05) is 0 Å². The number of carbonyl (C=O) groups excluding carboxylic acids is 1. The van der Waals surface area contributed by atoms with Gasteiger partial charge in [-0.05, 0) is 91.8 Å². The van der Waals surface area contributed by atoms with Crippen LogP contribution in [0.15, 0.2) is 90.1 Å². The molecule has 1 atom stereocenters. The second kappa shape index (κ2) is 13.0. The van der Waals surface area contributed by atoms with E-state index in [1.54, 1.807) is 0 Å². The zero-order chi connectivity index (χ0) is 32.5. The molecular formula is C42H44N2O2. The molecule has 0 bridgehead atoms. The van der Waals surface area contributed by atoms with E-state index in [1.807, 2.05) is 57.2 Å². The maximum atomic E-state index is 13.8.